The van der Waals surface area contributed by atoms with Gasteiger partial charge < -0.3 is 19.7 Å². The molecule has 184 valence electrons. The van der Waals surface area contributed by atoms with Crippen molar-refractivity contribution in [1.29, 1.82) is 0 Å². The van der Waals surface area contributed by atoms with Crippen LogP contribution in [0.3, 0.4) is 0 Å². The number of aryl methyl sites for hydroxylation is 2. The van der Waals surface area contributed by atoms with Gasteiger partial charge in [-0.3, -0.25) is 4.79 Å². The van der Waals surface area contributed by atoms with Gasteiger partial charge >= 0.3 is 12.1 Å². The van der Waals surface area contributed by atoms with Crippen molar-refractivity contribution >= 4 is 12.1 Å². The van der Waals surface area contributed by atoms with Crippen molar-refractivity contribution < 1.29 is 19.4 Å². The third-order valence-corrected chi connectivity index (χ3v) is 6.00. The number of nitrogens with zero attached hydrogens (tertiary/aromatic N) is 1. The second kappa shape index (κ2) is 11.9. The van der Waals surface area contributed by atoms with E-state index in [4.69, 9.17) is 4.74 Å². The molecule has 4 aromatic rings. The first-order valence-corrected chi connectivity index (χ1v) is 12.0. The summed E-state index contributed by atoms with van der Waals surface area (Å²) in [7, 11) is 0. The van der Waals surface area contributed by atoms with E-state index in [2.05, 4.69) is 53.2 Å². The van der Waals surface area contributed by atoms with E-state index in [9.17, 15) is 14.7 Å². The van der Waals surface area contributed by atoms with Crippen molar-refractivity contribution in [2.24, 2.45) is 0 Å². The summed E-state index contributed by atoms with van der Waals surface area (Å²) in [4.78, 5) is 23.3. The minimum Gasteiger partial charge on any atom is -0.481 e. The number of aromatic nitrogens is 1. The van der Waals surface area contributed by atoms with Crippen LogP contribution in [0.5, 0.6) is 0 Å². The van der Waals surface area contributed by atoms with E-state index in [1.165, 1.54) is 5.56 Å². The molecule has 1 amide bonds. The van der Waals surface area contributed by atoms with E-state index in [1.54, 1.807) is 0 Å². The molecule has 0 atom stereocenters. The molecule has 1 heterocycles. The summed E-state index contributed by atoms with van der Waals surface area (Å²) in [6.07, 6.45) is 0.0644. The number of ether oxygens (including phenoxy) is 1. The van der Waals surface area contributed by atoms with Gasteiger partial charge in [0.25, 0.3) is 0 Å². The summed E-state index contributed by atoms with van der Waals surface area (Å²) in [5.41, 5.74) is 7.24. The van der Waals surface area contributed by atoms with E-state index in [0.29, 0.717) is 19.5 Å². The molecule has 0 unspecified atom stereocenters. The average Bonchev–Trinajstić information content (AvgIpc) is 3.28. The molecular formula is C30H30N2O4. The number of amides is 1. The molecule has 6 heteroatoms. The molecule has 3 aromatic carbocycles. The van der Waals surface area contributed by atoms with Gasteiger partial charge in [0.1, 0.15) is 6.61 Å². The van der Waals surface area contributed by atoms with Crippen LogP contribution in [0.15, 0.2) is 91.0 Å². The number of benzene rings is 3. The van der Waals surface area contributed by atoms with E-state index in [-0.39, 0.29) is 13.0 Å². The first kappa shape index (κ1) is 24.8. The normalized spacial score (nSPS) is 10.7. The topological polar surface area (TPSA) is 80.6 Å². The van der Waals surface area contributed by atoms with Crippen molar-refractivity contribution in [3.05, 3.63) is 119 Å². The Labute approximate surface area is 211 Å². The summed E-state index contributed by atoms with van der Waals surface area (Å²) in [6.45, 7) is 3.22. The zero-order valence-corrected chi connectivity index (χ0v) is 20.3. The van der Waals surface area contributed by atoms with Crippen LogP contribution in [0.1, 0.15) is 34.4 Å². The molecule has 6 nitrogen and oxygen atoms in total. The Bertz CT molecular complexity index is 1310. The highest BCUT2D eigenvalue weighted by Gasteiger charge is 2.13. The van der Waals surface area contributed by atoms with Gasteiger partial charge in [-0.25, -0.2) is 4.79 Å². The first-order chi connectivity index (χ1) is 17.5. The second-order valence-electron chi connectivity index (χ2n) is 8.79. The molecule has 1 aromatic heterocycles. The van der Waals surface area contributed by atoms with Crippen LogP contribution in [0.4, 0.5) is 4.79 Å². The summed E-state index contributed by atoms with van der Waals surface area (Å²) < 4.78 is 7.47. The maximum atomic E-state index is 12.1. The van der Waals surface area contributed by atoms with Crippen LogP contribution in [0, 0.1) is 6.92 Å². The van der Waals surface area contributed by atoms with Crippen molar-refractivity contribution in [1.82, 2.24) is 9.88 Å². The molecule has 0 aliphatic carbocycles. The smallest absolute Gasteiger partial charge is 0.407 e. The van der Waals surface area contributed by atoms with Crippen LogP contribution < -0.4 is 5.32 Å². The van der Waals surface area contributed by atoms with Crippen LogP contribution >= 0.6 is 0 Å². The van der Waals surface area contributed by atoms with Gasteiger partial charge in [0.05, 0.1) is 6.42 Å². The molecule has 0 aliphatic rings. The molecular weight excluding hydrogens is 452 g/mol. The molecule has 0 bridgehead atoms. The van der Waals surface area contributed by atoms with Crippen molar-refractivity contribution in [3.8, 4) is 11.3 Å². The van der Waals surface area contributed by atoms with Crippen LogP contribution in [0.2, 0.25) is 0 Å². The zero-order chi connectivity index (χ0) is 25.3. The number of hydrogen-bond donors (Lipinski definition) is 2. The van der Waals surface area contributed by atoms with Crippen LogP contribution in [-0.4, -0.2) is 21.7 Å². The summed E-state index contributed by atoms with van der Waals surface area (Å²) >= 11 is 0. The Kier molecular flexibility index (Phi) is 8.19. The fraction of sp³-hybridized carbons (Fsp3) is 0.200. The van der Waals surface area contributed by atoms with Crippen LogP contribution in [0.25, 0.3) is 11.3 Å². The lowest BCUT2D eigenvalue weighted by atomic mass is 10.1. The van der Waals surface area contributed by atoms with Crippen LogP contribution in [-0.2, 0) is 35.6 Å². The van der Waals surface area contributed by atoms with E-state index < -0.39 is 12.1 Å². The lowest BCUT2D eigenvalue weighted by Crippen LogP contribution is -2.23. The standard InChI is InChI=1S/C30H30N2O4/c1-22-10-12-26(13-11-22)28-16-14-27(15-17-29(33)34)32(28)20-25-9-5-8-24(18-25)19-31-30(35)36-21-23-6-3-2-4-7-23/h2-14,16,18H,15,17,19-21H2,1H3,(H,31,35)(H,33,34). The van der Waals surface area contributed by atoms with Gasteiger partial charge in [0.2, 0.25) is 0 Å². The molecule has 36 heavy (non-hydrogen) atoms. The summed E-state index contributed by atoms with van der Waals surface area (Å²) in [6, 6.07) is 30.0. The largest absolute Gasteiger partial charge is 0.481 e. The number of hydrogen-bond acceptors (Lipinski definition) is 3. The third-order valence-electron chi connectivity index (χ3n) is 6.00. The van der Waals surface area contributed by atoms with Gasteiger partial charge in [0, 0.05) is 24.5 Å². The van der Waals surface area contributed by atoms with Gasteiger partial charge in [-0.05, 0) is 47.7 Å². The highest BCUT2D eigenvalue weighted by atomic mass is 16.5. The number of rotatable bonds is 10. The van der Waals surface area contributed by atoms with E-state index in [1.807, 2.05) is 54.6 Å². The molecule has 2 N–H and O–H groups in total. The zero-order valence-electron chi connectivity index (χ0n) is 20.3. The number of aliphatic carboxylic acids is 1. The van der Waals surface area contributed by atoms with E-state index >= 15 is 0 Å². The highest BCUT2D eigenvalue weighted by molar-refractivity contribution is 5.68. The van der Waals surface area contributed by atoms with Gasteiger partial charge in [-0.2, -0.15) is 0 Å². The Morgan fingerprint density at radius 2 is 1.58 bits per heavy atom. The highest BCUT2D eigenvalue weighted by Crippen LogP contribution is 2.25. The fourth-order valence-electron chi connectivity index (χ4n) is 4.10. The Morgan fingerprint density at radius 1 is 0.861 bits per heavy atom. The van der Waals surface area contributed by atoms with E-state index in [0.717, 1.165) is 33.6 Å². The number of carbonyl (C=O) groups is 2. The van der Waals surface area contributed by atoms with Gasteiger partial charge in [-0.15, -0.1) is 0 Å². The lowest BCUT2D eigenvalue weighted by Gasteiger charge is -2.15. The summed E-state index contributed by atoms with van der Waals surface area (Å²) in [5.74, 6) is -0.813. The predicted octanol–water partition coefficient (Wildman–Crippen LogP) is 5.96. The Hall–Kier alpha value is -4.32. The average molecular weight is 483 g/mol. The van der Waals surface area contributed by atoms with Crippen molar-refractivity contribution in [2.75, 3.05) is 0 Å². The monoisotopic (exact) mass is 482 g/mol. The molecule has 0 spiro atoms. The number of carboxylic acid groups (broad SMARTS) is 1. The second-order valence-corrected chi connectivity index (χ2v) is 8.79. The minimum absolute atomic E-state index is 0.0758. The number of alkyl carbamates (subject to hydrolysis) is 1. The molecule has 0 aliphatic heterocycles. The molecule has 0 radical (unpaired) electrons. The molecule has 0 fully saturated rings. The minimum atomic E-state index is -0.813. The molecule has 0 saturated heterocycles. The molecule has 4 rings (SSSR count). The Balaban J connectivity index is 1.45. The SMILES string of the molecule is Cc1ccc(-c2ccc(CCC(=O)O)n2Cc2cccc(CNC(=O)OCc3ccccc3)c2)cc1. The van der Waals surface area contributed by atoms with Crippen molar-refractivity contribution in [2.45, 2.75) is 39.5 Å². The number of nitrogens with one attached hydrogen (secondary N) is 1. The van der Waals surface area contributed by atoms with Crippen molar-refractivity contribution in [3.63, 3.8) is 0 Å². The maximum Gasteiger partial charge on any atom is 0.407 e. The Morgan fingerprint density at radius 3 is 2.33 bits per heavy atom. The quantitative estimate of drug-likeness (QED) is 0.292. The lowest BCUT2D eigenvalue weighted by molar-refractivity contribution is -0.137. The number of carboxylic acids is 1. The fourth-order valence-corrected chi connectivity index (χ4v) is 4.10. The van der Waals surface area contributed by atoms with Gasteiger partial charge in [-0.1, -0.05) is 84.4 Å². The van der Waals surface area contributed by atoms with Gasteiger partial charge in [0.15, 0.2) is 0 Å². The maximum absolute atomic E-state index is 12.1. The third kappa shape index (κ3) is 6.85. The number of carbonyl (C=O) groups excluding carboxylic acids is 1. The summed E-state index contributed by atoms with van der Waals surface area (Å²) in [5, 5.41) is 12.0. The molecule has 0 saturated carbocycles. The predicted molar refractivity (Wildman–Crippen MR) is 140 cm³/mol. The first-order valence-electron chi connectivity index (χ1n) is 12.0.